The van der Waals surface area contributed by atoms with Crippen molar-refractivity contribution in [3.8, 4) is 0 Å². The number of carboxylic acid groups (broad SMARTS) is 1. The van der Waals surface area contributed by atoms with Crippen molar-refractivity contribution in [2.75, 3.05) is 6.61 Å². The molecule has 0 spiro atoms. The number of carbonyl (C=O) groups excluding carboxylic acids is 4. The Kier molecular flexibility index (Phi) is 10.7. The van der Waals surface area contributed by atoms with Crippen LogP contribution in [0.15, 0.2) is 0 Å². The number of hydrogen-bond acceptors (Lipinski definition) is 7. The molecule has 0 aromatic rings. The van der Waals surface area contributed by atoms with Gasteiger partial charge in [0, 0.05) is 6.42 Å². The first-order valence-corrected chi connectivity index (χ1v) is 8.69. The highest BCUT2D eigenvalue weighted by Gasteiger charge is 2.31. The maximum absolute atomic E-state index is 12.4. The van der Waals surface area contributed by atoms with Crippen molar-refractivity contribution in [2.24, 2.45) is 17.4 Å². The Morgan fingerprint density at radius 3 is 1.82 bits per heavy atom. The fourth-order valence-electron chi connectivity index (χ4n) is 2.09. The fraction of sp³-hybridized carbons (Fsp3) is 0.688. The van der Waals surface area contributed by atoms with Gasteiger partial charge in [-0.1, -0.05) is 13.8 Å². The summed E-state index contributed by atoms with van der Waals surface area (Å²) in [6, 6.07) is -4.76. The molecule has 4 atom stereocenters. The largest absolute Gasteiger partial charge is 0.480 e. The lowest BCUT2D eigenvalue weighted by Gasteiger charge is -2.25. The molecule has 0 heterocycles. The molecule has 0 aromatic carbocycles. The zero-order chi connectivity index (χ0) is 22.0. The van der Waals surface area contributed by atoms with Gasteiger partial charge in [-0.25, -0.2) is 4.79 Å². The van der Waals surface area contributed by atoms with E-state index in [2.05, 4.69) is 16.0 Å². The van der Waals surface area contributed by atoms with Crippen LogP contribution in [0.2, 0.25) is 0 Å². The van der Waals surface area contributed by atoms with Crippen molar-refractivity contribution in [3.05, 3.63) is 0 Å². The number of nitrogens with two attached hydrogens (primary N) is 2. The first kappa shape index (κ1) is 25.3. The predicted molar refractivity (Wildman–Crippen MR) is 97.4 cm³/mol. The molecule has 28 heavy (non-hydrogen) atoms. The first-order valence-electron chi connectivity index (χ1n) is 8.69. The van der Waals surface area contributed by atoms with E-state index < -0.39 is 60.4 Å². The quantitative estimate of drug-likeness (QED) is 0.175. The van der Waals surface area contributed by atoms with Crippen LogP contribution in [0.5, 0.6) is 0 Å². The van der Waals surface area contributed by atoms with E-state index in [-0.39, 0.29) is 18.8 Å². The summed E-state index contributed by atoms with van der Waals surface area (Å²) in [5.41, 5.74) is 10.4. The summed E-state index contributed by atoms with van der Waals surface area (Å²) < 4.78 is 0. The van der Waals surface area contributed by atoms with Crippen LogP contribution in [0.4, 0.5) is 0 Å². The summed E-state index contributed by atoms with van der Waals surface area (Å²) in [4.78, 5) is 58.4. The molecular weight excluding hydrogens is 374 g/mol. The Morgan fingerprint density at radius 2 is 1.43 bits per heavy atom. The molecular formula is C16H29N5O7. The molecule has 0 bridgehead atoms. The lowest BCUT2D eigenvalue weighted by atomic mass is 10.0. The molecule has 0 saturated heterocycles. The number of amides is 4. The van der Waals surface area contributed by atoms with Gasteiger partial charge in [0.1, 0.15) is 18.1 Å². The third kappa shape index (κ3) is 8.77. The molecule has 0 rings (SSSR count). The van der Waals surface area contributed by atoms with Crippen molar-refractivity contribution in [3.63, 3.8) is 0 Å². The second-order valence-corrected chi connectivity index (χ2v) is 6.67. The van der Waals surface area contributed by atoms with E-state index in [4.69, 9.17) is 16.6 Å². The standard InChI is InChI=1S/C16H29N5O7/c1-7(2)12(21-13(24)8(3)17)15(26)20-10(6-22)14(25)19-9(16(27)28)4-5-11(18)23/h7-10,12,22H,4-6,17H2,1-3H3,(H2,18,23)(H,19,25)(H,20,26)(H,21,24)(H,27,28). The van der Waals surface area contributed by atoms with Gasteiger partial charge in [-0.2, -0.15) is 0 Å². The highest BCUT2D eigenvalue weighted by atomic mass is 16.4. The normalized spacial score (nSPS) is 15.1. The molecule has 4 amide bonds. The average Bonchev–Trinajstić information content (AvgIpc) is 2.59. The van der Waals surface area contributed by atoms with Crippen LogP contribution >= 0.6 is 0 Å². The topological polar surface area (TPSA) is 214 Å². The second kappa shape index (κ2) is 11.9. The molecule has 0 aliphatic rings. The van der Waals surface area contributed by atoms with Crippen LogP contribution in [0.1, 0.15) is 33.6 Å². The Hall–Kier alpha value is -2.73. The summed E-state index contributed by atoms with van der Waals surface area (Å²) in [6.45, 7) is 3.94. The van der Waals surface area contributed by atoms with Gasteiger partial charge in [0.05, 0.1) is 12.6 Å². The van der Waals surface area contributed by atoms with Gasteiger partial charge < -0.3 is 37.6 Å². The molecule has 9 N–H and O–H groups in total. The fourth-order valence-corrected chi connectivity index (χ4v) is 2.09. The lowest BCUT2D eigenvalue weighted by molar-refractivity contribution is -0.143. The minimum Gasteiger partial charge on any atom is -0.480 e. The van der Waals surface area contributed by atoms with E-state index >= 15 is 0 Å². The van der Waals surface area contributed by atoms with E-state index in [1.165, 1.54) is 6.92 Å². The van der Waals surface area contributed by atoms with Gasteiger partial charge in [-0.15, -0.1) is 0 Å². The van der Waals surface area contributed by atoms with E-state index in [1.807, 2.05) is 0 Å². The van der Waals surface area contributed by atoms with E-state index in [1.54, 1.807) is 13.8 Å². The average molecular weight is 403 g/mol. The summed E-state index contributed by atoms with van der Waals surface area (Å²) in [5.74, 6) is -4.78. The van der Waals surface area contributed by atoms with Gasteiger partial charge in [0.25, 0.3) is 0 Å². The van der Waals surface area contributed by atoms with E-state index in [9.17, 15) is 29.1 Å². The molecule has 12 heteroatoms. The number of aliphatic hydroxyl groups excluding tert-OH is 1. The molecule has 4 unspecified atom stereocenters. The Labute approximate surface area is 162 Å². The van der Waals surface area contributed by atoms with Crippen LogP contribution in [-0.2, 0) is 24.0 Å². The number of nitrogens with one attached hydrogen (secondary N) is 3. The molecule has 0 aliphatic carbocycles. The summed E-state index contributed by atoms with van der Waals surface area (Å²) in [6.07, 6.45) is -0.520. The van der Waals surface area contributed by atoms with Crippen LogP contribution < -0.4 is 27.4 Å². The van der Waals surface area contributed by atoms with Crippen molar-refractivity contribution in [2.45, 2.75) is 57.8 Å². The van der Waals surface area contributed by atoms with Gasteiger partial charge in [0.15, 0.2) is 0 Å². The minimum atomic E-state index is -1.46. The molecule has 0 saturated carbocycles. The molecule has 0 radical (unpaired) electrons. The Morgan fingerprint density at radius 1 is 0.893 bits per heavy atom. The highest BCUT2D eigenvalue weighted by Crippen LogP contribution is 2.04. The SMILES string of the molecule is CC(N)C(=O)NC(C(=O)NC(CO)C(=O)NC(CCC(N)=O)C(=O)O)C(C)C. The van der Waals surface area contributed by atoms with E-state index in [0.29, 0.717) is 0 Å². The molecule has 0 aliphatic heterocycles. The zero-order valence-corrected chi connectivity index (χ0v) is 16.1. The smallest absolute Gasteiger partial charge is 0.326 e. The maximum atomic E-state index is 12.4. The molecule has 160 valence electrons. The van der Waals surface area contributed by atoms with Gasteiger partial charge in [-0.05, 0) is 19.3 Å². The highest BCUT2D eigenvalue weighted by molar-refractivity contribution is 5.94. The van der Waals surface area contributed by atoms with Crippen LogP contribution in [-0.4, -0.2) is 70.6 Å². The number of rotatable bonds is 12. The number of aliphatic carboxylic acids is 1. The number of carbonyl (C=O) groups is 5. The van der Waals surface area contributed by atoms with Crippen molar-refractivity contribution < 1.29 is 34.2 Å². The van der Waals surface area contributed by atoms with Gasteiger partial charge in [-0.3, -0.25) is 19.2 Å². The van der Waals surface area contributed by atoms with Crippen LogP contribution in [0, 0.1) is 5.92 Å². The third-order valence-corrected chi connectivity index (χ3v) is 3.77. The second-order valence-electron chi connectivity index (χ2n) is 6.67. The number of aliphatic hydroxyl groups is 1. The van der Waals surface area contributed by atoms with Crippen molar-refractivity contribution >= 4 is 29.6 Å². The minimum absolute atomic E-state index is 0.248. The van der Waals surface area contributed by atoms with Gasteiger partial charge >= 0.3 is 5.97 Å². The van der Waals surface area contributed by atoms with E-state index in [0.717, 1.165) is 0 Å². The summed E-state index contributed by atoms with van der Waals surface area (Å²) >= 11 is 0. The molecule has 0 fully saturated rings. The van der Waals surface area contributed by atoms with Crippen LogP contribution in [0.25, 0.3) is 0 Å². The molecule has 0 aromatic heterocycles. The zero-order valence-electron chi connectivity index (χ0n) is 16.1. The maximum Gasteiger partial charge on any atom is 0.326 e. The number of hydrogen-bond donors (Lipinski definition) is 7. The number of primary amides is 1. The van der Waals surface area contributed by atoms with Crippen molar-refractivity contribution in [1.82, 2.24) is 16.0 Å². The summed E-state index contributed by atoms with van der Waals surface area (Å²) in [5, 5.41) is 25.3. The third-order valence-electron chi connectivity index (χ3n) is 3.77. The predicted octanol–water partition coefficient (Wildman–Crippen LogP) is -3.21. The molecule has 12 nitrogen and oxygen atoms in total. The van der Waals surface area contributed by atoms with Crippen LogP contribution in [0.3, 0.4) is 0 Å². The Balaban J connectivity index is 5.09. The Bertz CT molecular complexity index is 594. The van der Waals surface area contributed by atoms with Crippen molar-refractivity contribution in [1.29, 1.82) is 0 Å². The number of carboxylic acids is 1. The van der Waals surface area contributed by atoms with Gasteiger partial charge in [0.2, 0.25) is 23.6 Å². The first-order chi connectivity index (χ1) is 12.9. The summed E-state index contributed by atoms with van der Waals surface area (Å²) in [7, 11) is 0. The monoisotopic (exact) mass is 403 g/mol. The lowest BCUT2D eigenvalue weighted by Crippen LogP contribution is -2.59.